The van der Waals surface area contributed by atoms with Gasteiger partial charge in [0, 0.05) is 6.54 Å². The molecule has 0 heterocycles. The average molecular weight is 489 g/mol. The van der Waals surface area contributed by atoms with E-state index in [0.29, 0.717) is 0 Å². The summed E-state index contributed by atoms with van der Waals surface area (Å²) in [6.07, 6.45) is -1.43. The first-order valence-corrected chi connectivity index (χ1v) is 11.4. The molecule has 3 N–H and O–H groups in total. The molecule has 0 aliphatic carbocycles. The van der Waals surface area contributed by atoms with Crippen molar-refractivity contribution in [3.05, 3.63) is 63.6 Å². The van der Waals surface area contributed by atoms with Crippen LogP contribution in [0.15, 0.2) is 47.4 Å². The Kier molecular flexibility index (Phi) is 8.84. The van der Waals surface area contributed by atoms with Gasteiger partial charge in [-0.25, -0.2) is 8.42 Å². The zero-order chi connectivity index (χ0) is 23.2. The Morgan fingerprint density at radius 3 is 2.32 bits per heavy atom. The lowest BCUT2D eigenvalue weighted by Gasteiger charge is -2.20. The van der Waals surface area contributed by atoms with Gasteiger partial charge in [0.05, 0.1) is 21.0 Å². The third-order valence-electron chi connectivity index (χ3n) is 4.18. The highest BCUT2D eigenvalue weighted by atomic mass is 35.5. The SMILES string of the molecule is Cc1ccc(CNC(=O)COC(=O)C(NS(=O)(=O)c2ccc(Cl)c(Cl)c2)C(C)O)cc1. The predicted molar refractivity (Wildman–Crippen MR) is 116 cm³/mol. The first kappa shape index (κ1) is 25.1. The molecule has 2 atom stereocenters. The number of aliphatic hydroxyl groups is 1. The van der Waals surface area contributed by atoms with Crippen LogP contribution in [0.4, 0.5) is 0 Å². The molecule has 0 aliphatic heterocycles. The van der Waals surface area contributed by atoms with E-state index in [1.165, 1.54) is 19.1 Å². The van der Waals surface area contributed by atoms with Crippen molar-refractivity contribution in [3.63, 3.8) is 0 Å². The Morgan fingerprint density at radius 2 is 1.74 bits per heavy atom. The van der Waals surface area contributed by atoms with Crippen molar-refractivity contribution in [1.82, 2.24) is 10.0 Å². The molecule has 0 aliphatic rings. The zero-order valence-electron chi connectivity index (χ0n) is 16.8. The summed E-state index contributed by atoms with van der Waals surface area (Å²) >= 11 is 11.6. The molecule has 0 fully saturated rings. The Hall–Kier alpha value is -2.17. The second-order valence-electron chi connectivity index (χ2n) is 6.79. The second-order valence-corrected chi connectivity index (χ2v) is 9.31. The molecule has 0 aromatic heterocycles. The van der Waals surface area contributed by atoms with Gasteiger partial charge in [0.15, 0.2) is 6.61 Å². The van der Waals surface area contributed by atoms with Crippen molar-refractivity contribution in [2.45, 2.75) is 37.4 Å². The maximum absolute atomic E-state index is 12.5. The smallest absolute Gasteiger partial charge is 0.327 e. The van der Waals surface area contributed by atoms with Crippen LogP contribution in [-0.2, 0) is 30.9 Å². The van der Waals surface area contributed by atoms with E-state index in [2.05, 4.69) is 10.0 Å². The van der Waals surface area contributed by atoms with Gasteiger partial charge in [-0.3, -0.25) is 9.59 Å². The molecule has 1 amide bonds. The Labute approximate surface area is 190 Å². The fraction of sp³-hybridized carbons (Fsp3) is 0.300. The third kappa shape index (κ3) is 7.48. The molecule has 2 aromatic carbocycles. The molecule has 11 heteroatoms. The number of hydrogen-bond acceptors (Lipinski definition) is 6. The molecule has 0 radical (unpaired) electrons. The number of ether oxygens (including phenoxy) is 1. The summed E-state index contributed by atoms with van der Waals surface area (Å²) in [7, 11) is -4.23. The molecule has 2 unspecified atom stereocenters. The van der Waals surface area contributed by atoms with Crippen LogP contribution in [0.2, 0.25) is 10.0 Å². The number of benzene rings is 2. The van der Waals surface area contributed by atoms with Gasteiger partial charge in [-0.15, -0.1) is 0 Å². The minimum Gasteiger partial charge on any atom is -0.454 e. The van der Waals surface area contributed by atoms with Gasteiger partial charge in [0.1, 0.15) is 6.04 Å². The zero-order valence-corrected chi connectivity index (χ0v) is 19.1. The Morgan fingerprint density at radius 1 is 1.10 bits per heavy atom. The fourth-order valence-corrected chi connectivity index (χ4v) is 4.05. The lowest BCUT2D eigenvalue weighted by atomic mass is 10.1. The summed E-state index contributed by atoms with van der Waals surface area (Å²) in [5.41, 5.74) is 1.94. The van der Waals surface area contributed by atoms with Crippen molar-refractivity contribution in [2.24, 2.45) is 0 Å². The number of nitrogens with one attached hydrogen (secondary N) is 2. The van der Waals surface area contributed by atoms with E-state index in [4.69, 9.17) is 27.9 Å². The highest BCUT2D eigenvalue weighted by Gasteiger charge is 2.31. The summed E-state index contributed by atoms with van der Waals surface area (Å²) in [6.45, 7) is 2.75. The molecule has 0 saturated carbocycles. The monoisotopic (exact) mass is 488 g/mol. The maximum atomic E-state index is 12.5. The predicted octanol–water partition coefficient (Wildman–Crippen LogP) is 2.19. The number of esters is 1. The van der Waals surface area contributed by atoms with Gasteiger partial charge < -0.3 is 15.2 Å². The molecular weight excluding hydrogens is 467 g/mol. The van der Waals surface area contributed by atoms with Gasteiger partial charge in [-0.05, 0) is 37.6 Å². The van der Waals surface area contributed by atoms with Crippen molar-refractivity contribution < 1.29 is 27.9 Å². The van der Waals surface area contributed by atoms with E-state index >= 15 is 0 Å². The number of rotatable bonds is 9. The van der Waals surface area contributed by atoms with E-state index in [0.717, 1.165) is 17.2 Å². The molecule has 168 valence electrons. The number of aliphatic hydroxyl groups excluding tert-OH is 1. The molecule has 0 saturated heterocycles. The highest BCUT2D eigenvalue weighted by molar-refractivity contribution is 7.89. The second kappa shape index (κ2) is 10.9. The van der Waals surface area contributed by atoms with Crippen LogP contribution in [0.1, 0.15) is 18.1 Å². The van der Waals surface area contributed by atoms with Gasteiger partial charge in [0.2, 0.25) is 10.0 Å². The van der Waals surface area contributed by atoms with E-state index in [1.54, 1.807) is 0 Å². The summed E-state index contributed by atoms with van der Waals surface area (Å²) in [5.74, 6) is -1.69. The fourth-order valence-electron chi connectivity index (χ4n) is 2.41. The van der Waals surface area contributed by atoms with Crippen LogP contribution < -0.4 is 10.0 Å². The van der Waals surface area contributed by atoms with Crippen LogP contribution in [0, 0.1) is 6.92 Å². The number of carbonyl (C=O) groups excluding carboxylic acids is 2. The minimum absolute atomic E-state index is 0.00552. The summed E-state index contributed by atoms with van der Waals surface area (Å²) in [5, 5.41) is 12.6. The van der Waals surface area contributed by atoms with E-state index in [1.807, 2.05) is 31.2 Å². The molecule has 0 bridgehead atoms. The number of amides is 1. The van der Waals surface area contributed by atoms with Crippen molar-refractivity contribution in [3.8, 4) is 0 Å². The third-order valence-corrected chi connectivity index (χ3v) is 6.35. The number of hydrogen-bond donors (Lipinski definition) is 3. The first-order chi connectivity index (χ1) is 14.5. The Balaban J connectivity index is 1.95. The van der Waals surface area contributed by atoms with Crippen molar-refractivity contribution >= 4 is 45.1 Å². The van der Waals surface area contributed by atoms with Gasteiger partial charge >= 0.3 is 5.97 Å². The molecule has 31 heavy (non-hydrogen) atoms. The van der Waals surface area contributed by atoms with Crippen molar-refractivity contribution in [1.29, 1.82) is 0 Å². The van der Waals surface area contributed by atoms with Crippen LogP contribution in [0.3, 0.4) is 0 Å². The molecule has 8 nitrogen and oxygen atoms in total. The average Bonchev–Trinajstić information content (AvgIpc) is 2.71. The lowest BCUT2D eigenvalue weighted by Crippen LogP contribution is -2.49. The van der Waals surface area contributed by atoms with Gasteiger partial charge in [0.25, 0.3) is 5.91 Å². The van der Waals surface area contributed by atoms with Crippen LogP contribution in [0.5, 0.6) is 0 Å². The summed E-state index contributed by atoms with van der Waals surface area (Å²) < 4.78 is 32.0. The quantitative estimate of drug-likeness (QED) is 0.465. The molecular formula is C20H22Cl2N2O6S. The van der Waals surface area contributed by atoms with Crippen LogP contribution in [-0.4, -0.2) is 44.2 Å². The van der Waals surface area contributed by atoms with E-state index in [-0.39, 0.29) is 21.5 Å². The van der Waals surface area contributed by atoms with Crippen LogP contribution >= 0.6 is 23.2 Å². The number of sulfonamides is 1. The lowest BCUT2D eigenvalue weighted by molar-refractivity contribution is -0.152. The number of carbonyl (C=O) groups is 2. The largest absolute Gasteiger partial charge is 0.454 e. The summed E-state index contributed by atoms with van der Waals surface area (Å²) in [6, 6.07) is 9.44. The van der Waals surface area contributed by atoms with E-state index < -0.39 is 40.7 Å². The molecule has 2 rings (SSSR count). The summed E-state index contributed by atoms with van der Waals surface area (Å²) in [4.78, 5) is 24.0. The molecule has 0 spiro atoms. The van der Waals surface area contributed by atoms with Gasteiger partial charge in [-0.1, -0.05) is 53.0 Å². The van der Waals surface area contributed by atoms with Crippen LogP contribution in [0.25, 0.3) is 0 Å². The standard InChI is InChI=1S/C20H22Cl2N2O6S/c1-12-3-5-14(6-4-12)10-23-18(26)11-30-20(27)19(13(2)25)24-31(28,29)15-7-8-16(21)17(22)9-15/h3-9,13,19,24-25H,10-11H2,1-2H3,(H,23,26). The van der Waals surface area contributed by atoms with E-state index in [9.17, 15) is 23.1 Å². The number of aryl methyl sites for hydroxylation is 1. The van der Waals surface area contributed by atoms with Gasteiger partial charge in [-0.2, -0.15) is 4.72 Å². The number of halogens is 2. The Bertz CT molecular complexity index is 1040. The minimum atomic E-state index is -4.23. The molecule has 2 aromatic rings. The highest BCUT2D eigenvalue weighted by Crippen LogP contribution is 2.25. The normalized spacial score (nSPS) is 13.3. The van der Waals surface area contributed by atoms with Crippen molar-refractivity contribution in [2.75, 3.05) is 6.61 Å². The maximum Gasteiger partial charge on any atom is 0.327 e. The topological polar surface area (TPSA) is 122 Å². The first-order valence-electron chi connectivity index (χ1n) is 9.14.